The number of hydrogen-bond acceptors (Lipinski definition) is 5. The molecule has 1 aromatic heterocycles. The average Bonchev–Trinajstić information content (AvgIpc) is 3.05. The van der Waals surface area contributed by atoms with E-state index in [9.17, 15) is 10.1 Å². The van der Waals surface area contributed by atoms with Crippen molar-refractivity contribution in [3.8, 4) is 0 Å². The number of hydrogen-bond donors (Lipinski definition) is 0. The molecule has 2 heterocycles. The lowest BCUT2D eigenvalue weighted by molar-refractivity contribution is -0.384. The van der Waals surface area contributed by atoms with Crippen LogP contribution in [0.25, 0.3) is 11.1 Å². The van der Waals surface area contributed by atoms with Crippen molar-refractivity contribution >= 4 is 22.5 Å². The van der Waals surface area contributed by atoms with E-state index in [4.69, 9.17) is 4.42 Å². The summed E-state index contributed by atoms with van der Waals surface area (Å²) in [4.78, 5) is 17.7. The molecule has 122 valence electrons. The predicted octanol–water partition coefficient (Wildman–Crippen LogP) is 4.47. The van der Waals surface area contributed by atoms with Gasteiger partial charge >= 0.3 is 0 Å². The maximum absolute atomic E-state index is 11.4. The molecule has 0 bridgehead atoms. The Kier molecular flexibility index (Phi) is 3.65. The van der Waals surface area contributed by atoms with Crippen LogP contribution in [0.3, 0.4) is 0 Å². The zero-order valence-corrected chi connectivity index (χ0v) is 13.1. The Balaban J connectivity index is 1.77. The van der Waals surface area contributed by atoms with Crippen molar-refractivity contribution in [3.63, 3.8) is 0 Å². The van der Waals surface area contributed by atoms with E-state index in [0.717, 1.165) is 36.9 Å². The smallest absolute Gasteiger partial charge is 0.292 e. The number of nitro benzene ring substituents is 1. The minimum atomic E-state index is -0.326. The lowest BCUT2D eigenvalue weighted by Gasteiger charge is -2.35. The number of benzene rings is 2. The third-order valence-corrected chi connectivity index (χ3v) is 4.49. The lowest BCUT2D eigenvalue weighted by Crippen LogP contribution is -2.34. The molecule has 6 nitrogen and oxygen atoms in total. The summed E-state index contributed by atoms with van der Waals surface area (Å²) in [6.07, 6.45) is 2.93. The Morgan fingerprint density at radius 2 is 1.92 bits per heavy atom. The zero-order valence-electron chi connectivity index (χ0n) is 13.1. The first-order chi connectivity index (χ1) is 11.7. The Hall–Kier alpha value is -2.89. The van der Waals surface area contributed by atoms with Crippen LogP contribution in [-0.4, -0.2) is 16.5 Å². The molecule has 24 heavy (non-hydrogen) atoms. The second-order valence-corrected chi connectivity index (χ2v) is 5.97. The van der Waals surface area contributed by atoms with E-state index in [0.29, 0.717) is 11.6 Å². The van der Waals surface area contributed by atoms with Gasteiger partial charge < -0.3 is 9.32 Å². The molecule has 1 aliphatic rings. The first-order valence-electron chi connectivity index (χ1n) is 8.09. The molecule has 6 heteroatoms. The van der Waals surface area contributed by atoms with E-state index >= 15 is 0 Å². The highest BCUT2D eigenvalue weighted by Gasteiger charge is 2.31. The van der Waals surface area contributed by atoms with Gasteiger partial charge in [-0.1, -0.05) is 24.3 Å². The van der Waals surface area contributed by atoms with E-state index in [2.05, 4.69) is 9.88 Å². The number of nitrogens with zero attached hydrogens (tertiary/aromatic N) is 3. The molecule has 1 aliphatic heterocycles. The molecular formula is C18H17N3O3. The molecule has 1 saturated heterocycles. The highest BCUT2D eigenvalue weighted by atomic mass is 16.6. The molecule has 2 aromatic carbocycles. The third-order valence-electron chi connectivity index (χ3n) is 4.49. The summed E-state index contributed by atoms with van der Waals surface area (Å²) in [5, 5.41) is 11.4. The maximum Gasteiger partial charge on any atom is 0.292 e. The number of rotatable bonds is 3. The summed E-state index contributed by atoms with van der Waals surface area (Å²) >= 11 is 0. The highest BCUT2D eigenvalue weighted by Crippen LogP contribution is 2.39. The number of para-hydroxylation sites is 4. The predicted molar refractivity (Wildman–Crippen MR) is 91.0 cm³/mol. The van der Waals surface area contributed by atoms with E-state index in [1.807, 2.05) is 30.3 Å². The molecule has 1 atom stereocenters. The Morgan fingerprint density at radius 3 is 2.75 bits per heavy atom. The van der Waals surface area contributed by atoms with Crippen LogP contribution in [0.15, 0.2) is 52.9 Å². The number of fused-ring (bicyclic) bond motifs is 1. The maximum atomic E-state index is 11.4. The van der Waals surface area contributed by atoms with Gasteiger partial charge in [-0.15, -0.1) is 0 Å². The van der Waals surface area contributed by atoms with E-state index in [1.54, 1.807) is 18.2 Å². The van der Waals surface area contributed by atoms with E-state index in [-0.39, 0.29) is 16.7 Å². The van der Waals surface area contributed by atoms with Crippen LogP contribution in [-0.2, 0) is 0 Å². The highest BCUT2D eigenvalue weighted by molar-refractivity contribution is 5.72. The molecule has 0 spiro atoms. The van der Waals surface area contributed by atoms with Crippen molar-refractivity contribution < 1.29 is 9.34 Å². The Bertz CT molecular complexity index is 857. The van der Waals surface area contributed by atoms with Crippen LogP contribution >= 0.6 is 0 Å². The molecular weight excluding hydrogens is 306 g/mol. The Labute approximate surface area is 138 Å². The second-order valence-electron chi connectivity index (χ2n) is 5.97. The average molecular weight is 323 g/mol. The Morgan fingerprint density at radius 1 is 1.12 bits per heavy atom. The molecule has 0 amide bonds. The van der Waals surface area contributed by atoms with E-state index < -0.39 is 0 Å². The summed E-state index contributed by atoms with van der Waals surface area (Å²) in [7, 11) is 0. The van der Waals surface area contributed by atoms with Crippen LogP contribution in [0.1, 0.15) is 31.2 Å². The quantitative estimate of drug-likeness (QED) is 0.525. The molecule has 0 aliphatic carbocycles. The van der Waals surface area contributed by atoms with Gasteiger partial charge in [0, 0.05) is 12.6 Å². The fraction of sp³-hybridized carbons (Fsp3) is 0.278. The molecule has 0 unspecified atom stereocenters. The fourth-order valence-corrected chi connectivity index (χ4v) is 3.37. The second kappa shape index (κ2) is 5.96. The number of nitro groups is 1. The summed E-state index contributed by atoms with van der Waals surface area (Å²) in [6, 6.07) is 14.5. The van der Waals surface area contributed by atoms with Gasteiger partial charge in [0.05, 0.1) is 4.92 Å². The normalized spacial score (nSPS) is 18.0. The monoisotopic (exact) mass is 323 g/mol. The van der Waals surface area contributed by atoms with Crippen LogP contribution < -0.4 is 4.90 Å². The van der Waals surface area contributed by atoms with Crippen molar-refractivity contribution in [2.75, 3.05) is 11.4 Å². The van der Waals surface area contributed by atoms with Crippen LogP contribution in [0.5, 0.6) is 0 Å². The first-order valence-corrected chi connectivity index (χ1v) is 8.09. The molecule has 4 rings (SSSR count). The largest absolute Gasteiger partial charge is 0.438 e. The number of anilines is 1. The lowest BCUT2D eigenvalue weighted by atomic mass is 10.0. The molecule has 1 fully saturated rings. The summed E-state index contributed by atoms with van der Waals surface area (Å²) in [6.45, 7) is 0.758. The van der Waals surface area contributed by atoms with Gasteiger partial charge in [-0.25, -0.2) is 4.98 Å². The standard InChI is InChI=1S/C18H17N3O3/c22-21(23)15-9-3-2-8-14(15)20-12-6-5-10-16(20)18-19-13-7-1-4-11-17(13)24-18/h1-4,7-9,11,16H,5-6,10,12H2/t16-/m0/s1. The summed E-state index contributed by atoms with van der Waals surface area (Å²) in [5.41, 5.74) is 2.33. The zero-order chi connectivity index (χ0) is 16.5. The molecule has 0 radical (unpaired) electrons. The SMILES string of the molecule is O=[N+]([O-])c1ccccc1N1CCCC[C@H]1c1nc2ccccc2o1. The molecule has 0 N–H and O–H groups in total. The summed E-state index contributed by atoms with van der Waals surface area (Å²) in [5.74, 6) is 0.633. The van der Waals surface area contributed by atoms with Gasteiger partial charge in [-0.05, 0) is 37.5 Å². The van der Waals surface area contributed by atoms with Crippen LogP contribution in [0.4, 0.5) is 11.4 Å². The fourth-order valence-electron chi connectivity index (χ4n) is 3.37. The number of piperidine rings is 1. The van der Waals surface area contributed by atoms with Gasteiger partial charge in [-0.2, -0.15) is 0 Å². The van der Waals surface area contributed by atoms with Gasteiger partial charge in [0.25, 0.3) is 5.69 Å². The van der Waals surface area contributed by atoms with Crippen molar-refractivity contribution in [3.05, 3.63) is 64.5 Å². The van der Waals surface area contributed by atoms with Crippen molar-refractivity contribution in [2.45, 2.75) is 25.3 Å². The minimum Gasteiger partial charge on any atom is -0.438 e. The van der Waals surface area contributed by atoms with E-state index in [1.165, 1.54) is 0 Å². The van der Waals surface area contributed by atoms with Crippen molar-refractivity contribution in [2.24, 2.45) is 0 Å². The number of oxazole rings is 1. The van der Waals surface area contributed by atoms with Crippen LogP contribution in [0, 0.1) is 10.1 Å². The van der Waals surface area contributed by atoms with Crippen LogP contribution in [0.2, 0.25) is 0 Å². The van der Waals surface area contributed by atoms with Gasteiger partial charge in [0.2, 0.25) is 5.89 Å². The molecule has 0 saturated carbocycles. The van der Waals surface area contributed by atoms with Gasteiger partial charge in [0.1, 0.15) is 17.2 Å². The first kappa shape index (κ1) is 14.7. The van der Waals surface area contributed by atoms with Gasteiger partial charge in [0.15, 0.2) is 5.58 Å². The minimum absolute atomic E-state index is 0.0766. The number of aromatic nitrogens is 1. The third kappa shape index (κ3) is 2.50. The summed E-state index contributed by atoms with van der Waals surface area (Å²) < 4.78 is 5.94. The topological polar surface area (TPSA) is 72.4 Å². The van der Waals surface area contributed by atoms with Gasteiger partial charge in [-0.3, -0.25) is 10.1 Å². The van der Waals surface area contributed by atoms with Crippen molar-refractivity contribution in [1.82, 2.24) is 4.98 Å². The molecule has 3 aromatic rings. The van der Waals surface area contributed by atoms with Crippen molar-refractivity contribution in [1.29, 1.82) is 0 Å².